The van der Waals surface area contributed by atoms with Crippen molar-refractivity contribution in [3.63, 3.8) is 0 Å². The first-order valence-corrected chi connectivity index (χ1v) is 3.93. The fourth-order valence-corrected chi connectivity index (χ4v) is 1.39. The number of para-hydroxylation sites is 1. The predicted molar refractivity (Wildman–Crippen MR) is 48.8 cm³/mol. The van der Waals surface area contributed by atoms with Gasteiger partial charge < -0.3 is 4.90 Å². The number of fused-ring (bicyclic) bond motifs is 1. The van der Waals surface area contributed by atoms with Crippen LogP contribution in [0.4, 0.5) is 10.1 Å². The molecule has 2 rings (SSSR count). The Hall–Kier alpha value is -1.31. The molecule has 0 N–H and O–H groups in total. The molecule has 12 heavy (non-hydrogen) atoms. The molecule has 62 valence electrons. The van der Waals surface area contributed by atoms with E-state index in [4.69, 9.17) is 0 Å². The summed E-state index contributed by atoms with van der Waals surface area (Å²) in [5.41, 5.74) is 2.03. The van der Waals surface area contributed by atoms with Crippen LogP contribution in [-0.2, 0) is 0 Å². The maximum Gasteiger partial charge on any atom is 0.191 e. The van der Waals surface area contributed by atoms with Crippen LogP contribution in [0.5, 0.6) is 0 Å². The van der Waals surface area contributed by atoms with Crippen LogP contribution in [0.1, 0.15) is 5.56 Å². The molecule has 1 aromatic carbocycles. The Morgan fingerprint density at radius 3 is 2.92 bits per heavy atom. The van der Waals surface area contributed by atoms with Gasteiger partial charge in [0.05, 0.1) is 0 Å². The zero-order chi connectivity index (χ0) is 8.55. The van der Waals surface area contributed by atoms with Crippen molar-refractivity contribution in [2.24, 2.45) is 0 Å². The lowest BCUT2D eigenvalue weighted by molar-refractivity contribution is 0.395. The van der Waals surface area contributed by atoms with E-state index in [1.807, 2.05) is 30.3 Å². The van der Waals surface area contributed by atoms with Crippen LogP contribution in [0.3, 0.4) is 0 Å². The van der Waals surface area contributed by atoms with Gasteiger partial charge in [0.1, 0.15) is 0 Å². The Kier molecular flexibility index (Phi) is 1.61. The molecule has 1 heterocycles. The average Bonchev–Trinajstić information content (AvgIpc) is 2.12. The van der Waals surface area contributed by atoms with E-state index in [0.717, 1.165) is 11.3 Å². The summed E-state index contributed by atoms with van der Waals surface area (Å²) in [5.74, 6) is 0. The van der Waals surface area contributed by atoms with E-state index in [2.05, 4.69) is 0 Å². The summed E-state index contributed by atoms with van der Waals surface area (Å²) in [5, 5.41) is 0. The Labute approximate surface area is 71.1 Å². The minimum Gasteiger partial charge on any atom is -0.341 e. The van der Waals surface area contributed by atoms with Crippen LogP contribution in [-0.4, -0.2) is 13.3 Å². The van der Waals surface area contributed by atoms with Gasteiger partial charge in [0, 0.05) is 12.7 Å². The fraction of sp³-hybridized carbons (Fsp3) is 0.200. The van der Waals surface area contributed by atoms with Crippen molar-refractivity contribution >= 4 is 11.8 Å². The lowest BCUT2D eigenvalue weighted by Gasteiger charge is -2.26. The number of rotatable bonds is 0. The lowest BCUT2D eigenvalue weighted by Crippen LogP contribution is -2.28. The molecule has 2 heteroatoms. The summed E-state index contributed by atoms with van der Waals surface area (Å²) < 4.78 is 13.1. The first-order valence-electron chi connectivity index (χ1n) is 3.93. The second kappa shape index (κ2) is 2.63. The molecule has 0 radical (unpaired) electrons. The van der Waals surface area contributed by atoms with Crippen LogP contribution < -0.4 is 4.90 Å². The molecule has 1 aliphatic heterocycles. The van der Waals surface area contributed by atoms with E-state index in [0.29, 0.717) is 0 Å². The quantitative estimate of drug-likeness (QED) is 0.531. The molecule has 0 saturated carbocycles. The normalized spacial score (nSPS) is 20.8. The Balaban J connectivity index is 2.52. The summed E-state index contributed by atoms with van der Waals surface area (Å²) >= 11 is 0. The SMILES string of the molecule is CN1c2ccccc2C=CC1F. The maximum absolute atomic E-state index is 13.1. The summed E-state index contributed by atoms with van der Waals surface area (Å²) in [6, 6.07) is 7.77. The highest BCUT2D eigenvalue weighted by Gasteiger charge is 2.16. The van der Waals surface area contributed by atoms with E-state index >= 15 is 0 Å². The highest BCUT2D eigenvalue weighted by atomic mass is 19.1. The fourth-order valence-electron chi connectivity index (χ4n) is 1.39. The smallest absolute Gasteiger partial charge is 0.191 e. The summed E-state index contributed by atoms with van der Waals surface area (Å²) in [6.07, 6.45) is 2.39. The van der Waals surface area contributed by atoms with Gasteiger partial charge >= 0.3 is 0 Å². The monoisotopic (exact) mass is 163 g/mol. The predicted octanol–water partition coefficient (Wildman–Crippen LogP) is 2.45. The average molecular weight is 163 g/mol. The Bertz CT molecular complexity index is 319. The van der Waals surface area contributed by atoms with Gasteiger partial charge in [0.25, 0.3) is 0 Å². The highest BCUT2D eigenvalue weighted by molar-refractivity contribution is 5.71. The molecule has 0 aliphatic carbocycles. The van der Waals surface area contributed by atoms with Crippen LogP contribution >= 0.6 is 0 Å². The number of benzene rings is 1. The third kappa shape index (κ3) is 0.998. The zero-order valence-electron chi connectivity index (χ0n) is 6.87. The molecule has 0 amide bonds. The van der Waals surface area contributed by atoms with E-state index in [-0.39, 0.29) is 0 Å². The van der Waals surface area contributed by atoms with E-state index < -0.39 is 6.30 Å². The number of nitrogens with zero attached hydrogens (tertiary/aromatic N) is 1. The van der Waals surface area contributed by atoms with E-state index in [1.54, 1.807) is 18.0 Å². The topological polar surface area (TPSA) is 3.24 Å². The second-order valence-electron chi connectivity index (χ2n) is 2.90. The molecular formula is C10H10FN. The number of anilines is 1. The Morgan fingerprint density at radius 2 is 2.08 bits per heavy atom. The first-order chi connectivity index (χ1) is 5.79. The van der Waals surface area contributed by atoms with Gasteiger partial charge in [0.15, 0.2) is 6.30 Å². The standard InChI is InChI=1S/C10H10FN/c1-12-9-5-3-2-4-8(9)6-7-10(12)11/h2-7,10H,1H3. The van der Waals surface area contributed by atoms with Crippen LogP contribution in [0.25, 0.3) is 6.08 Å². The van der Waals surface area contributed by atoms with Gasteiger partial charge in [-0.05, 0) is 17.7 Å². The third-order valence-electron chi connectivity index (χ3n) is 2.12. The molecule has 1 nitrogen and oxygen atoms in total. The minimum atomic E-state index is -0.986. The van der Waals surface area contributed by atoms with E-state index in [9.17, 15) is 4.39 Å². The maximum atomic E-state index is 13.1. The van der Waals surface area contributed by atoms with Crippen molar-refractivity contribution < 1.29 is 4.39 Å². The van der Waals surface area contributed by atoms with Gasteiger partial charge in [-0.2, -0.15) is 0 Å². The van der Waals surface area contributed by atoms with Gasteiger partial charge in [-0.3, -0.25) is 0 Å². The van der Waals surface area contributed by atoms with Gasteiger partial charge in [-0.25, -0.2) is 4.39 Å². The third-order valence-corrected chi connectivity index (χ3v) is 2.12. The second-order valence-corrected chi connectivity index (χ2v) is 2.90. The number of hydrogen-bond acceptors (Lipinski definition) is 1. The van der Waals surface area contributed by atoms with Crippen LogP contribution in [0, 0.1) is 0 Å². The molecule has 1 atom stereocenters. The summed E-state index contributed by atoms with van der Waals surface area (Å²) in [4.78, 5) is 1.62. The molecule has 0 fully saturated rings. The van der Waals surface area contributed by atoms with Crippen molar-refractivity contribution in [1.29, 1.82) is 0 Å². The molecular weight excluding hydrogens is 153 g/mol. The molecule has 1 unspecified atom stereocenters. The van der Waals surface area contributed by atoms with Crippen molar-refractivity contribution in [1.82, 2.24) is 0 Å². The van der Waals surface area contributed by atoms with Gasteiger partial charge in [-0.1, -0.05) is 24.3 Å². The Morgan fingerprint density at radius 1 is 1.33 bits per heavy atom. The molecule has 0 bridgehead atoms. The van der Waals surface area contributed by atoms with Crippen molar-refractivity contribution in [2.45, 2.75) is 6.30 Å². The molecule has 0 saturated heterocycles. The van der Waals surface area contributed by atoms with Crippen molar-refractivity contribution in [2.75, 3.05) is 11.9 Å². The highest BCUT2D eigenvalue weighted by Crippen LogP contribution is 2.27. The summed E-state index contributed by atoms with van der Waals surface area (Å²) in [7, 11) is 1.76. The number of hydrogen-bond donors (Lipinski definition) is 0. The van der Waals surface area contributed by atoms with Gasteiger partial charge in [-0.15, -0.1) is 0 Å². The zero-order valence-corrected chi connectivity index (χ0v) is 6.87. The van der Waals surface area contributed by atoms with Crippen LogP contribution in [0.15, 0.2) is 30.3 Å². The molecule has 1 aliphatic rings. The lowest BCUT2D eigenvalue weighted by atomic mass is 10.1. The molecule has 0 aromatic heterocycles. The van der Waals surface area contributed by atoms with Crippen molar-refractivity contribution in [3.05, 3.63) is 35.9 Å². The summed E-state index contributed by atoms with van der Waals surface area (Å²) in [6.45, 7) is 0. The van der Waals surface area contributed by atoms with Crippen molar-refractivity contribution in [3.8, 4) is 0 Å². The molecule has 1 aromatic rings. The van der Waals surface area contributed by atoms with Gasteiger partial charge in [0.2, 0.25) is 0 Å². The number of alkyl halides is 1. The van der Waals surface area contributed by atoms with Crippen LogP contribution in [0.2, 0.25) is 0 Å². The number of likely N-dealkylation sites (N-methyl/N-ethyl adjacent to an activating group) is 1. The molecule has 0 spiro atoms. The number of halogens is 1. The first kappa shape index (κ1) is 7.35. The largest absolute Gasteiger partial charge is 0.341 e. The van der Waals surface area contributed by atoms with E-state index in [1.165, 1.54) is 0 Å². The minimum absolute atomic E-state index is 0.951.